The van der Waals surface area contributed by atoms with Crippen molar-refractivity contribution in [3.05, 3.63) is 27.5 Å². The molecule has 0 saturated heterocycles. The third-order valence-corrected chi connectivity index (χ3v) is 4.39. The number of hydrogen-bond acceptors (Lipinski definition) is 3. The summed E-state index contributed by atoms with van der Waals surface area (Å²) in [5, 5.41) is 21.3. The van der Waals surface area contributed by atoms with E-state index in [2.05, 4.69) is 15.9 Å². The van der Waals surface area contributed by atoms with Gasteiger partial charge in [0.25, 0.3) is 0 Å². The van der Waals surface area contributed by atoms with Crippen molar-refractivity contribution in [1.82, 2.24) is 0 Å². The van der Waals surface area contributed by atoms with Crippen molar-refractivity contribution in [2.75, 3.05) is 0 Å². The first-order chi connectivity index (χ1) is 6.61. The van der Waals surface area contributed by atoms with Gasteiger partial charge in [0.1, 0.15) is 0 Å². The molecule has 0 spiro atoms. The van der Waals surface area contributed by atoms with Crippen LogP contribution in [0.25, 0.3) is 10.1 Å². The number of fused-ring (bicyclic) bond motifs is 1. The second-order valence-corrected chi connectivity index (χ2v) is 4.84. The topological polar surface area (TPSA) is 40.5 Å². The molecule has 2 N–H and O–H groups in total. The Morgan fingerprint density at radius 3 is 2.79 bits per heavy atom. The Bertz CT molecular complexity index is 481. The fourth-order valence-electron chi connectivity index (χ4n) is 1.47. The Morgan fingerprint density at radius 2 is 2.14 bits per heavy atom. The highest BCUT2D eigenvalue weighted by Gasteiger charge is 2.17. The molecule has 0 aliphatic carbocycles. The van der Waals surface area contributed by atoms with Gasteiger partial charge in [0.15, 0.2) is 0 Å². The first-order valence-corrected chi connectivity index (χ1v) is 5.81. The van der Waals surface area contributed by atoms with Crippen molar-refractivity contribution >= 4 is 49.9 Å². The number of hydrogen-bond donors (Lipinski definition) is 2. The molecule has 14 heavy (non-hydrogen) atoms. The van der Waals surface area contributed by atoms with E-state index >= 15 is 0 Å². The lowest BCUT2D eigenvalue weighted by Crippen LogP contribution is -2.30. The van der Waals surface area contributed by atoms with Crippen LogP contribution >= 0.6 is 27.3 Å². The van der Waals surface area contributed by atoms with Gasteiger partial charge < -0.3 is 10.0 Å². The van der Waals surface area contributed by atoms with E-state index < -0.39 is 7.12 Å². The van der Waals surface area contributed by atoms with Crippen molar-refractivity contribution < 1.29 is 10.0 Å². The van der Waals surface area contributed by atoms with Crippen LogP contribution in [0.5, 0.6) is 0 Å². The molecule has 1 aromatic heterocycles. The summed E-state index contributed by atoms with van der Waals surface area (Å²) in [4.78, 5) is 0. The molecule has 0 unspecified atom stereocenters. The van der Waals surface area contributed by atoms with E-state index in [9.17, 15) is 10.0 Å². The van der Waals surface area contributed by atoms with Gasteiger partial charge in [-0.15, -0.1) is 11.3 Å². The van der Waals surface area contributed by atoms with Gasteiger partial charge in [-0.05, 0) is 50.7 Å². The third kappa shape index (κ3) is 1.50. The summed E-state index contributed by atoms with van der Waals surface area (Å²) in [5.74, 6) is 0. The van der Waals surface area contributed by atoms with Crippen molar-refractivity contribution in [1.29, 1.82) is 0 Å². The Kier molecular flexibility index (Phi) is 2.66. The third-order valence-electron chi connectivity index (χ3n) is 2.17. The first-order valence-electron chi connectivity index (χ1n) is 4.13. The van der Waals surface area contributed by atoms with Gasteiger partial charge in [0.2, 0.25) is 0 Å². The van der Waals surface area contributed by atoms with E-state index in [0.717, 1.165) is 20.1 Å². The normalized spacial score (nSPS) is 10.9. The molecule has 0 fully saturated rings. The quantitative estimate of drug-likeness (QED) is 0.774. The zero-order valence-corrected chi connectivity index (χ0v) is 9.89. The summed E-state index contributed by atoms with van der Waals surface area (Å²) >= 11 is 5.08. The second kappa shape index (κ2) is 3.66. The first kappa shape index (κ1) is 10.2. The average Bonchev–Trinajstić information content (AvgIpc) is 2.59. The minimum atomic E-state index is -1.40. The summed E-state index contributed by atoms with van der Waals surface area (Å²) in [6, 6.07) is 3.70. The van der Waals surface area contributed by atoms with Crippen LogP contribution in [0.1, 0.15) is 5.56 Å². The van der Waals surface area contributed by atoms with Crippen molar-refractivity contribution in [2.24, 2.45) is 0 Å². The maximum atomic E-state index is 9.20. The minimum absolute atomic E-state index is 0.571. The highest BCUT2D eigenvalue weighted by molar-refractivity contribution is 9.10. The van der Waals surface area contributed by atoms with Crippen molar-refractivity contribution in [2.45, 2.75) is 6.92 Å². The maximum Gasteiger partial charge on any atom is 0.489 e. The van der Waals surface area contributed by atoms with Crippen LogP contribution < -0.4 is 5.46 Å². The summed E-state index contributed by atoms with van der Waals surface area (Å²) in [5.41, 5.74) is 1.59. The van der Waals surface area contributed by atoms with E-state index in [1.165, 1.54) is 0 Å². The largest absolute Gasteiger partial charge is 0.489 e. The molecule has 0 aliphatic heterocycles. The highest BCUT2D eigenvalue weighted by atomic mass is 79.9. The molecule has 72 valence electrons. The molecule has 0 amide bonds. The molecule has 0 bridgehead atoms. The molecule has 0 saturated carbocycles. The van der Waals surface area contributed by atoms with Gasteiger partial charge in [0.05, 0.1) is 0 Å². The molecular formula is C9H8BBrO2S. The van der Waals surface area contributed by atoms with E-state index in [4.69, 9.17) is 0 Å². The number of thiophene rings is 1. The fraction of sp³-hybridized carbons (Fsp3) is 0.111. The molecule has 2 rings (SSSR count). The summed E-state index contributed by atoms with van der Waals surface area (Å²) in [6.07, 6.45) is 0. The predicted molar refractivity (Wildman–Crippen MR) is 64.1 cm³/mol. The van der Waals surface area contributed by atoms with E-state index in [0.29, 0.717) is 5.46 Å². The smallest absolute Gasteiger partial charge is 0.423 e. The lowest BCUT2D eigenvalue weighted by Gasteiger charge is -2.06. The Balaban J connectivity index is 2.84. The number of benzene rings is 1. The zero-order valence-electron chi connectivity index (χ0n) is 7.49. The highest BCUT2D eigenvalue weighted by Crippen LogP contribution is 2.30. The maximum absolute atomic E-state index is 9.20. The van der Waals surface area contributed by atoms with Gasteiger partial charge in [0, 0.05) is 9.17 Å². The molecule has 1 heterocycles. The van der Waals surface area contributed by atoms with Gasteiger partial charge >= 0.3 is 7.12 Å². The number of halogens is 1. The Hall–Kier alpha value is -0.355. The molecule has 2 nitrogen and oxygen atoms in total. The minimum Gasteiger partial charge on any atom is -0.423 e. The van der Waals surface area contributed by atoms with Crippen molar-refractivity contribution in [3.63, 3.8) is 0 Å². The molecule has 1 aromatic carbocycles. The Labute approximate surface area is 94.5 Å². The van der Waals surface area contributed by atoms with Gasteiger partial charge in [-0.25, -0.2) is 0 Å². The summed E-state index contributed by atoms with van der Waals surface area (Å²) < 4.78 is 2.10. The lowest BCUT2D eigenvalue weighted by molar-refractivity contribution is 0.426. The van der Waals surface area contributed by atoms with Crippen LogP contribution in [0.4, 0.5) is 0 Å². The van der Waals surface area contributed by atoms with Gasteiger partial charge in [-0.1, -0.05) is 6.07 Å². The summed E-state index contributed by atoms with van der Waals surface area (Å²) in [6.45, 7) is 1.94. The average molecular weight is 271 g/mol. The standard InChI is InChI=1S/C9H8BBrO2S/c1-5-4-7(10(12)13)6-2-3-14-9(6)8(5)11/h2-4,12-13H,1H3. The number of aryl methyl sites for hydroxylation is 1. The molecular weight excluding hydrogens is 263 g/mol. The van der Waals surface area contributed by atoms with Crippen LogP contribution in [-0.4, -0.2) is 17.2 Å². The molecule has 5 heteroatoms. The predicted octanol–water partition coefficient (Wildman–Crippen LogP) is 1.65. The van der Waals surface area contributed by atoms with E-state index in [1.54, 1.807) is 17.4 Å². The van der Waals surface area contributed by atoms with Crippen LogP contribution in [0.3, 0.4) is 0 Å². The van der Waals surface area contributed by atoms with Crippen LogP contribution in [0.15, 0.2) is 22.0 Å². The Morgan fingerprint density at radius 1 is 1.43 bits per heavy atom. The van der Waals surface area contributed by atoms with Crippen molar-refractivity contribution in [3.8, 4) is 0 Å². The lowest BCUT2D eigenvalue weighted by atomic mass is 9.77. The molecule has 0 radical (unpaired) electrons. The summed E-state index contributed by atoms with van der Waals surface area (Å²) in [7, 11) is -1.40. The zero-order chi connectivity index (χ0) is 10.3. The SMILES string of the molecule is Cc1cc(B(O)O)c2ccsc2c1Br. The number of rotatable bonds is 1. The fourth-order valence-corrected chi connectivity index (χ4v) is 3.00. The molecule has 0 atom stereocenters. The van der Waals surface area contributed by atoms with Crippen LogP contribution in [0.2, 0.25) is 0 Å². The van der Waals surface area contributed by atoms with Gasteiger partial charge in [-0.3, -0.25) is 0 Å². The van der Waals surface area contributed by atoms with Crippen LogP contribution in [-0.2, 0) is 0 Å². The molecule has 2 aromatic rings. The second-order valence-electron chi connectivity index (χ2n) is 3.13. The van der Waals surface area contributed by atoms with Gasteiger partial charge in [-0.2, -0.15) is 0 Å². The van der Waals surface area contributed by atoms with E-state index in [1.807, 2.05) is 18.4 Å². The van der Waals surface area contributed by atoms with Crippen LogP contribution in [0, 0.1) is 6.92 Å². The monoisotopic (exact) mass is 270 g/mol. The molecule has 0 aliphatic rings. The van der Waals surface area contributed by atoms with E-state index in [-0.39, 0.29) is 0 Å².